The van der Waals surface area contributed by atoms with Crippen molar-refractivity contribution in [1.82, 2.24) is 15.0 Å². The molecule has 1 aromatic carbocycles. The number of anilines is 3. The summed E-state index contributed by atoms with van der Waals surface area (Å²) in [5, 5.41) is 10.7. The Morgan fingerprint density at radius 3 is 2.00 bits per heavy atom. The summed E-state index contributed by atoms with van der Waals surface area (Å²) < 4.78 is 10.7. The molecule has 0 aliphatic carbocycles. The molecule has 2 rings (SSSR count). The molecule has 0 amide bonds. The summed E-state index contributed by atoms with van der Waals surface area (Å²) >= 11 is 0. The van der Waals surface area contributed by atoms with E-state index in [9.17, 15) is 0 Å². The van der Waals surface area contributed by atoms with Crippen LogP contribution in [-0.2, 0) is 0 Å². The molecule has 0 atom stereocenters. The summed E-state index contributed by atoms with van der Waals surface area (Å²) in [7, 11) is 3.22. The van der Waals surface area contributed by atoms with Gasteiger partial charge in [0.2, 0.25) is 17.8 Å². The van der Waals surface area contributed by atoms with Gasteiger partial charge >= 0.3 is 0 Å². The van der Waals surface area contributed by atoms with Gasteiger partial charge in [0, 0.05) is 18.7 Å². The summed E-state index contributed by atoms with van der Waals surface area (Å²) in [6.45, 7) is 7.41. The highest BCUT2D eigenvalue weighted by Crippen LogP contribution is 2.28. The van der Waals surface area contributed by atoms with E-state index < -0.39 is 0 Å². The van der Waals surface area contributed by atoms with Crippen molar-refractivity contribution in [2.24, 2.45) is 5.10 Å². The van der Waals surface area contributed by atoms with Crippen LogP contribution in [-0.4, -0.2) is 48.0 Å². The smallest absolute Gasteiger partial charge is 0.250 e. The van der Waals surface area contributed by atoms with Gasteiger partial charge in [-0.15, -0.1) is 0 Å². The maximum absolute atomic E-state index is 5.37. The normalized spacial score (nSPS) is 11.1. The van der Waals surface area contributed by atoms with Crippen LogP contribution in [0.2, 0.25) is 0 Å². The van der Waals surface area contributed by atoms with Crippen LogP contribution in [0.3, 0.4) is 0 Å². The average Bonchev–Trinajstić information content (AvgIpc) is 2.68. The van der Waals surface area contributed by atoms with E-state index in [2.05, 4.69) is 36.1 Å². The molecule has 9 nitrogen and oxygen atoms in total. The maximum atomic E-state index is 5.37. The van der Waals surface area contributed by atoms with Crippen LogP contribution < -0.4 is 25.5 Å². The predicted octanol–water partition coefficient (Wildman–Crippen LogP) is 2.98. The van der Waals surface area contributed by atoms with Crippen LogP contribution in [0.1, 0.15) is 32.8 Å². The van der Waals surface area contributed by atoms with E-state index in [1.807, 2.05) is 39.0 Å². The zero-order valence-electron chi connectivity index (χ0n) is 16.5. The fourth-order valence-corrected chi connectivity index (χ4v) is 2.38. The lowest BCUT2D eigenvalue weighted by Gasteiger charge is -2.11. The van der Waals surface area contributed by atoms with Gasteiger partial charge in [-0.25, -0.2) is 5.43 Å². The summed E-state index contributed by atoms with van der Waals surface area (Å²) in [6.07, 6.45) is 0.716. The van der Waals surface area contributed by atoms with Gasteiger partial charge in [0.25, 0.3) is 0 Å². The van der Waals surface area contributed by atoms with Gasteiger partial charge in [0.05, 0.1) is 19.9 Å². The highest BCUT2D eigenvalue weighted by Gasteiger charge is 2.09. The molecule has 9 heteroatoms. The number of methoxy groups -OCH3 is 2. The standard InChI is InChI=1S/C18H27N7O2/c1-6-13(12-9-10-14(26-4)15(11-12)27-5)24-25-18-22-16(19-7-2)21-17(23-18)20-8-3/h9-11H,6-8H2,1-5H3,(H3,19,20,21,22,23,25)/b24-13+. The van der Waals surface area contributed by atoms with E-state index in [-0.39, 0.29) is 0 Å². The third kappa shape index (κ3) is 5.44. The number of nitrogens with zero attached hydrogens (tertiary/aromatic N) is 4. The quantitative estimate of drug-likeness (QED) is 0.431. The first-order valence-corrected chi connectivity index (χ1v) is 8.93. The topological polar surface area (TPSA) is 106 Å². The minimum Gasteiger partial charge on any atom is -0.493 e. The second kappa shape index (κ2) is 10.1. The van der Waals surface area contributed by atoms with Gasteiger partial charge in [-0.1, -0.05) is 6.92 Å². The third-order valence-corrected chi connectivity index (χ3v) is 3.65. The molecule has 0 saturated carbocycles. The van der Waals surface area contributed by atoms with Crippen LogP contribution in [0.5, 0.6) is 11.5 Å². The molecular weight excluding hydrogens is 346 g/mol. The number of aromatic nitrogens is 3. The van der Waals surface area contributed by atoms with E-state index >= 15 is 0 Å². The predicted molar refractivity (Wildman–Crippen MR) is 108 cm³/mol. The first-order chi connectivity index (χ1) is 13.1. The highest BCUT2D eigenvalue weighted by molar-refractivity contribution is 6.01. The molecule has 27 heavy (non-hydrogen) atoms. The van der Waals surface area contributed by atoms with Crippen LogP contribution >= 0.6 is 0 Å². The number of hydrogen-bond donors (Lipinski definition) is 3. The van der Waals surface area contributed by atoms with Crippen molar-refractivity contribution in [3.05, 3.63) is 23.8 Å². The average molecular weight is 373 g/mol. The van der Waals surface area contributed by atoms with Crippen molar-refractivity contribution < 1.29 is 9.47 Å². The largest absolute Gasteiger partial charge is 0.493 e. The molecule has 0 aliphatic heterocycles. The fraction of sp³-hybridized carbons (Fsp3) is 0.444. The summed E-state index contributed by atoms with van der Waals surface area (Å²) in [4.78, 5) is 13.0. The first kappa shape index (κ1) is 20.2. The van der Waals surface area contributed by atoms with E-state index in [0.29, 0.717) is 48.9 Å². The van der Waals surface area contributed by atoms with E-state index in [1.54, 1.807) is 14.2 Å². The van der Waals surface area contributed by atoms with Crippen LogP contribution in [0.15, 0.2) is 23.3 Å². The van der Waals surface area contributed by atoms with E-state index in [4.69, 9.17) is 9.47 Å². The fourth-order valence-electron chi connectivity index (χ4n) is 2.38. The van der Waals surface area contributed by atoms with Crippen molar-refractivity contribution >= 4 is 23.6 Å². The second-order valence-electron chi connectivity index (χ2n) is 5.46. The lowest BCUT2D eigenvalue weighted by atomic mass is 10.1. The Labute approximate surface area is 159 Å². The minimum absolute atomic E-state index is 0.364. The molecule has 3 N–H and O–H groups in total. The molecule has 0 fully saturated rings. The molecule has 0 spiro atoms. The zero-order chi connectivity index (χ0) is 19.6. The van der Waals surface area contributed by atoms with Crippen molar-refractivity contribution in [2.45, 2.75) is 27.2 Å². The van der Waals surface area contributed by atoms with Crippen molar-refractivity contribution in [3.63, 3.8) is 0 Å². The number of nitrogens with one attached hydrogen (secondary N) is 3. The summed E-state index contributed by atoms with van der Waals surface area (Å²) in [5.41, 5.74) is 4.70. The van der Waals surface area contributed by atoms with Gasteiger partial charge in [-0.3, -0.25) is 0 Å². The summed E-state index contributed by atoms with van der Waals surface area (Å²) in [5.74, 6) is 2.67. The Morgan fingerprint density at radius 2 is 1.48 bits per heavy atom. The number of ether oxygens (including phenoxy) is 2. The zero-order valence-corrected chi connectivity index (χ0v) is 16.5. The molecule has 0 radical (unpaired) electrons. The molecule has 0 unspecified atom stereocenters. The van der Waals surface area contributed by atoms with Gasteiger partial charge in [-0.05, 0) is 38.5 Å². The highest BCUT2D eigenvalue weighted by atomic mass is 16.5. The Bertz CT molecular complexity index is 756. The molecule has 146 valence electrons. The molecule has 2 aromatic rings. The van der Waals surface area contributed by atoms with Gasteiger partial charge in [-0.2, -0.15) is 20.1 Å². The molecular formula is C18H27N7O2. The molecule has 1 aromatic heterocycles. The lowest BCUT2D eigenvalue weighted by Crippen LogP contribution is -2.11. The van der Waals surface area contributed by atoms with Gasteiger partial charge in [0.15, 0.2) is 11.5 Å². The van der Waals surface area contributed by atoms with E-state index in [1.165, 1.54) is 0 Å². The summed E-state index contributed by atoms with van der Waals surface area (Å²) in [6, 6.07) is 5.69. The van der Waals surface area contributed by atoms with Crippen LogP contribution in [0.25, 0.3) is 0 Å². The SMILES string of the molecule is CCNc1nc(NCC)nc(N/N=C(\CC)c2ccc(OC)c(OC)c2)n1. The van der Waals surface area contributed by atoms with Crippen molar-refractivity contribution in [1.29, 1.82) is 0 Å². The lowest BCUT2D eigenvalue weighted by molar-refractivity contribution is 0.355. The Morgan fingerprint density at radius 1 is 0.889 bits per heavy atom. The Kier molecular flexibility index (Phi) is 7.60. The third-order valence-electron chi connectivity index (χ3n) is 3.65. The molecule has 0 saturated heterocycles. The Balaban J connectivity index is 2.28. The van der Waals surface area contributed by atoms with Crippen molar-refractivity contribution in [3.8, 4) is 11.5 Å². The number of rotatable bonds is 10. The van der Waals surface area contributed by atoms with Gasteiger partial charge < -0.3 is 20.1 Å². The first-order valence-electron chi connectivity index (χ1n) is 8.93. The second-order valence-corrected chi connectivity index (χ2v) is 5.46. The molecule has 1 heterocycles. The molecule has 0 aliphatic rings. The minimum atomic E-state index is 0.364. The van der Waals surface area contributed by atoms with E-state index in [0.717, 1.165) is 11.3 Å². The van der Waals surface area contributed by atoms with Crippen LogP contribution in [0.4, 0.5) is 17.8 Å². The monoisotopic (exact) mass is 373 g/mol. The maximum Gasteiger partial charge on any atom is 0.250 e. The molecule has 0 bridgehead atoms. The van der Waals surface area contributed by atoms with Crippen LogP contribution in [0, 0.1) is 0 Å². The van der Waals surface area contributed by atoms with Crippen molar-refractivity contribution in [2.75, 3.05) is 43.4 Å². The van der Waals surface area contributed by atoms with Gasteiger partial charge in [0.1, 0.15) is 0 Å². The number of hydrazone groups is 1. The number of benzene rings is 1. The number of hydrogen-bond acceptors (Lipinski definition) is 9. The Hall–Kier alpha value is -3.10.